The second-order valence-corrected chi connectivity index (χ2v) is 10.4. The van der Waals surface area contributed by atoms with Crippen LogP contribution in [-0.2, 0) is 9.47 Å². The quantitative estimate of drug-likeness (QED) is 0.188. The minimum absolute atomic E-state index is 0.195. The molecule has 1 saturated heterocycles. The van der Waals surface area contributed by atoms with Crippen LogP contribution < -0.4 is 11.0 Å². The monoisotopic (exact) mass is 541 g/mol. The first-order chi connectivity index (χ1) is 18.3. The van der Waals surface area contributed by atoms with Gasteiger partial charge in [-0.2, -0.15) is 4.98 Å². The number of halogens is 1. The molecule has 1 aromatic heterocycles. The maximum Gasteiger partial charge on any atom is 0.412 e. The Morgan fingerprint density at radius 2 is 1.45 bits per heavy atom. The fourth-order valence-electron chi connectivity index (χ4n) is 4.72. The zero-order chi connectivity index (χ0) is 27.8. The van der Waals surface area contributed by atoms with Gasteiger partial charge in [-0.1, -0.05) is 103 Å². The molecule has 2 heterocycles. The maximum atomic E-state index is 14.4. The van der Waals surface area contributed by atoms with Crippen molar-refractivity contribution in [3.63, 3.8) is 0 Å². The number of aliphatic hydroxyl groups is 2. The smallest absolute Gasteiger partial charge is 0.412 e. The van der Waals surface area contributed by atoms with Crippen molar-refractivity contribution in [2.75, 3.05) is 11.9 Å². The molecule has 4 atom stereocenters. The molecule has 1 aromatic rings. The number of ether oxygens (including phenoxy) is 2. The zero-order valence-electron chi connectivity index (χ0n) is 23.2. The van der Waals surface area contributed by atoms with E-state index in [4.69, 9.17) is 9.47 Å². The second kappa shape index (κ2) is 18.3. The third kappa shape index (κ3) is 11.4. The van der Waals surface area contributed by atoms with Gasteiger partial charge < -0.3 is 19.7 Å². The lowest BCUT2D eigenvalue weighted by Gasteiger charge is -2.17. The normalized spacial score (nSPS) is 21.1. The number of carbonyl (C=O) groups excluding carboxylic acids is 1. The highest BCUT2D eigenvalue weighted by Crippen LogP contribution is 2.28. The Hall–Kier alpha value is -2.04. The van der Waals surface area contributed by atoms with Gasteiger partial charge in [0.05, 0.1) is 18.9 Å². The molecule has 218 valence electrons. The first-order valence-corrected chi connectivity index (χ1v) is 14.6. The summed E-state index contributed by atoms with van der Waals surface area (Å²) in [4.78, 5) is 27.8. The molecule has 1 aliphatic heterocycles. The number of aromatic nitrogens is 2. The van der Waals surface area contributed by atoms with Crippen molar-refractivity contribution in [2.24, 2.45) is 0 Å². The Labute approximate surface area is 226 Å². The molecule has 0 radical (unpaired) electrons. The molecule has 1 aliphatic rings. The lowest BCUT2D eigenvalue weighted by atomic mass is 10.0. The van der Waals surface area contributed by atoms with Crippen LogP contribution in [0.25, 0.3) is 0 Å². The van der Waals surface area contributed by atoms with Gasteiger partial charge >= 0.3 is 11.8 Å². The molecular weight excluding hydrogens is 493 g/mol. The summed E-state index contributed by atoms with van der Waals surface area (Å²) in [5.74, 6) is -1.56. The Bertz CT molecular complexity index is 867. The zero-order valence-corrected chi connectivity index (χ0v) is 23.2. The molecule has 38 heavy (non-hydrogen) atoms. The number of anilines is 1. The van der Waals surface area contributed by atoms with Crippen molar-refractivity contribution in [1.29, 1.82) is 0 Å². The first-order valence-electron chi connectivity index (χ1n) is 14.6. The van der Waals surface area contributed by atoms with Gasteiger partial charge in [0.25, 0.3) is 0 Å². The van der Waals surface area contributed by atoms with Crippen LogP contribution in [0.1, 0.15) is 123 Å². The van der Waals surface area contributed by atoms with Gasteiger partial charge in [-0.05, 0) is 13.3 Å². The van der Waals surface area contributed by atoms with Crippen LogP contribution >= 0.6 is 0 Å². The highest BCUT2D eigenvalue weighted by molar-refractivity contribution is 5.83. The summed E-state index contributed by atoms with van der Waals surface area (Å²) in [5, 5.41) is 21.9. The molecule has 0 spiro atoms. The highest BCUT2D eigenvalue weighted by atomic mass is 19.1. The molecule has 10 heteroatoms. The average Bonchev–Trinajstić information content (AvgIpc) is 3.14. The molecule has 0 unspecified atom stereocenters. The lowest BCUT2D eigenvalue weighted by Crippen LogP contribution is -2.36. The number of rotatable bonds is 19. The van der Waals surface area contributed by atoms with Gasteiger partial charge in [0, 0.05) is 0 Å². The standard InChI is InChI=1S/C28H48FN3O6/c1-3-4-5-6-7-8-9-10-11-12-13-14-15-16-17-18-19-37-28(36)31-25-22(29)20-32(27(35)30-25)26-24(34)23(33)21(2)38-26/h20-21,23-24,26,33-34H,3-19H2,1-2H3,(H,30,31,35,36)/t21-,23-,24+,26+/m0/s1. The van der Waals surface area contributed by atoms with Crippen molar-refractivity contribution in [1.82, 2.24) is 9.55 Å². The number of carbonyl (C=O) groups is 1. The Kier molecular flexibility index (Phi) is 15.5. The average molecular weight is 542 g/mol. The highest BCUT2D eigenvalue weighted by Gasteiger charge is 2.42. The fraction of sp³-hybridized carbons (Fsp3) is 0.821. The van der Waals surface area contributed by atoms with E-state index in [0.717, 1.165) is 23.6 Å². The number of amides is 1. The number of unbranched alkanes of at least 4 members (excludes halogenated alkanes) is 15. The minimum Gasteiger partial charge on any atom is -0.449 e. The first kappa shape index (κ1) is 32.2. The molecule has 1 amide bonds. The number of hydrogen-bond donors (Lipinski definition) is 3. The van der Waals surface area contributed by atoms with Gasteiger partial charge in [0.1, 0.15) is 12.2 Å². The van der Waals surface area contributed by atoms with E-state index in [0.29, 0.717) is 6.42 Å². The van der Waals surface area contributed by atoms with Gasteiger partial charge in [-0.3, -0.25) is 9.88 Å². The van der Waals surface area contributed by atoms with E-state index in [-0.39, 0.29) is 6.61 Å². The fourth-order valence-corrected chi connectivity index (χ4v) is 4.72. The van der Waals surface area contributed by atoms with E-state index < -0.39 is 48.0 Å². The van der Waals surface area contributed by atoms with Crippen LogP contribution in [0.4, 0.5) is 15.0 Å². The molecule has 3 N–H and O–H groups in total. The Morgan fingerprint density at radius 3 is 1.92 bits per heavy atom. The molecular formula is C28H48FN3O6. The molecule has 0 saturated carbocycles. The van der Waals surface area contributed by atoms with Crippen LogP contribution in [0.5, 0.6) is 0 Å². The Morgan fingerprint density at radius 1 is 0.947 bits per heavy atom. The molecule has 1 fully saturated rings. The molecule has 0 bridgehead atoms. The van der Waals surface area contributed by atoms with Gasteiger partial charge in [0.15, 0.2) is 17.9 Å². The maximum absolute atomic E-state index is 14.4. The van der Waals surface area contributed by atoms with E-state index in [9.17, 15) is 24.2 Å². The third-order valence-corrected chi connectivity index (χ3v) is 7.11. The van der Waals surface area contributed by atoms with E-state index in [1.165, 1.54) is 90.4 Å². The van der Waals surface area contributed by atoms with Crippen LogP contribution in [-0.4, -0.2) is 50.8 Å². The van der Waals surface area contributed by atoms with Gasteiger partial charge in [0.2, 0.25) is 0 Å². The van der Waals surface area contributed by atoms with Crippen molar-refractivity contribution in [3.8, 4) is 0 Å². The predicted molar refractivity (Wildman–Crippen MR) is 145 cm³/mol. The minimum atomic E-state index is -1.41. The Balaban J connectivity index is 1.50. The van der Waals surface area contributed by atoms with Crippen LogP contribution in [0.2, 0.25) is 0 Å². The van der Waals surface area contributed by atoms with E-state index in [1.54, 1.807) is 0 Å². The van der Waals surface area contributed by atoms with Gasteiger partial charge in [-0.25, -0.2) is 14.0 Å². The number of nitrogens with zero attached hydrogens (tertiary/aromatic N) is 2. The second-order valence-electron chi connectivity index (χ2n) is 10.4. The molecule has 9 nitrogen and oxygen atoms in total. The van der Waals surface area contributed by atoms with Crippen molar-refractivity contribution < 1.29 is 28.9 Å². The summed E-state index contributed by atoms with van der Waals surface area (Å²) in [6.45, 7) is 3.97. The predicted octanol–water partition coefficient (Wildman–Crippen LogP) is 5.83. The number of nitrogens with one attached hydrogen (secondary N) is 1. The largest absolute Gasteiger partial charge is 0.449 e. The summed E-state index contributed by atoms with van der Waals surface area (Å²) < 4.78 is 25.6. The summed E-state index contributed by atoms with van der Waals surface area (Å²) >= 11 is 0. The summed E-state index contributed by atoms with van der Waals surface area (Å²) in [6, 6.07) is 0. The molecule has 0 aliphatic carbocycles. The van der Waals surface area contributed by atoms with E-state index in [1.807, 2.05) is 0 Å². The van der Waals surface area contributed by atoms with Crippen LogP contribution in [0.15, 0.2) is 11.0 Å². The lowest BCUT2D eigenvalue weighted by molar-refractivity contribution is -0.0355. The van der Waals surface area contributed by atoms with Gasteiger partial charge in [-0.15, -0.1) is 0 Å². The SMILES string of the molecule is CCCCCCCCCCCCCCCCCCOC(=O)Nc1nc(=O)n([C@@H]2O[C@@H](C)[C@H](O)[C@H]2O)cc1F. The number of hydrogen-bond acceptors (Lipinski definition) is 7. The van der Waals surface area contributed by atoms with Crippen molar-refractivity contribution in [3.05, 3.63) is 22.5 Å². The van der Waals surface area contributed by atoms with Crippen molar-refractivity contribution in [2.45, 2.75) is 141 Å². The summed E-state index contributed by atoms with van der Waals surface area (Å²) in [7, 11) is 0. The van der Waals surface area contributed by atoms with Crippen molar-refractivity contribution >= 4 is 11.9 Å². The van der Waals surface area contributed by atoms with E-state index in [2.05, 4.69) is 17.2 Å². The van der Waals surface area contributed by atoms with E-state index >= 15 is 0 Å². The molecule has 0 aromatic carbocycles. The third-order valence-electron chi connectivity index (χ3n) is 7.11. The summed E-state index contributed by atoms with van der Waals surface area (Å²) in [5.41, 5.74) is -0.940. The van der Waals surface area contributed by atoms with Crippen LogP contribution in [0.3, 0.4) is 0 Å². The van der Waals surface area contributed by atoms with Crippen LogP contribution in [0, 0.1) is 5.82 Å². The summed E-state index contributed by atoms with van der Waals surface area (Å²) in [6.07, 6.45) is 15.3. The molecule has 2 rings (SSSR count). The topological polar surface area (TPSA) is 123 Å². The number of aliphatic hydroxyl groups excluding tert-OH is 2.